The molecular weight excluding hydrogens is 250 g/mol. The minimum Gasteiger partial charge on any atom is -0.372 e. The largest absolute Gasteiger partial charge is 0.372 e. The van der Waals surface area contributed by atoms with E-state index in [-0.39, 0.29) is 17.3 Å². The van der Waals surface area contributed by atoms with Crippen LogP contribution in [0.3, 0.4) is 0 Å². The lowest BCUT2D eigenvalue weighted by Crippen LogP contribution is -2.33. The molecule has 1 N–H and O–H groups in total. The maximum Gasteiger partial charge on any atom is 0.251 e. The Kier molecular flexibility index (Phi) is 4.25. The van der Waals surface area contributed by atoms with Crippen molar-refractivity contribution in [3.8, 4) is 0 Å². The van der Waals surface area contributed by atoms with E-state index >= 15 is 0 Å². The summed E-state index contributed by atoms with van der Waals surface area (Å²) in [5.41, 5.74) is 2.98. The van der Waals surface area contributed by atoms with Gasteiger partial charge in [0, 0.05) is 17.0 Å². The molecule has 0 saturated carbocycles. The fraction of sp³-hybridized carbons (Fsp3) is 0.500. The summed E-state index contributed by atoms with van der Waals surface area (Å²) >= 11 is 5.91. The summed E-state index contributed by atoms with van der Waals surface area (Å²) in [7, 11) is 0. The van der Waals surface area contributed by atoms with Crippen molar-refractivity contribution in [1.29, 1.82) is 0 Å². The summed E-state index contributed by atoms with van der Waals surface area (Å²) in [6.07, 6.45) is 0.765. The number of carbonyl (C=O) groups excluding carboxylic acids is 1. The number of rotatable bonds is 4. The van der Waals surface area contributed by atoms with Gasteiger partial charge in [-0.1, -0.05) is 6.07 Å². The van der Waals surface area contributed by atoms with Gasteiger partial charge in [-0.3, -0.25) is 4.79 Å². The number of ether oxygens (including phenoxy) is 1. The van der Waals surface area contributed by atoms with E-state index in [1.54, 1.807) is 0 Å². The quantitative estimate of drug-likeness (QED) is 0.852. The van der Waals surface area contributed by atoms with Gasteiger partial charge >= 0.3 is 0 Å². The van der Waals surface area contributed by atoms with Crippen LogP contribution in [-0.2, 0) is 18.0 Å². The first-order valence-corrected chi connectivity index (χ1v) is 6.64. The van der Waals surface area contributed by atoms with E-state index in [1.165, 1.54) is 5.56 Å². The Morgan fingerprint density at radius 1 is 1.39 bits per heavy atom. The summed E-state index contributed by atoms with van der Waals surface area (Å²) < 4.78 is 5.33. The Hall–Kier alpha value is -1.06. The van der Waals surface area contributed by atoms with Crippen molar-refractivity contribution in [2.45, 2.75) is 44.9 Å². The molecule has 1 aliphatic heterocycles. The van der Waals surface area contributed by atoms with E-state index in [9.17, 15) is 4.79 Å². The van der Waals surface area contributed by atoms with Crippen LogP contribution in [0.2, 0.25) is 0 Å². The van der Waals surface area contributed by atoms with Crippen LogP contribution in [0.5, 0.6) is 0 Å². The molecule has 4 heteroatoms. The molecule has 98 valence electrons. The minimum absolute atomic E-state index is 0.0467. The molecule has 0 radical (unpaired) electrons. The second kappa shape index (κ2) is 5.72. The van der Waals surface area contributed by atoms with Crippen molar-refractivity contribution in [2.75, 3.05) is 0 Å². The first-order valence-electron chi connectivity index (χ1n) is 6.20. The molecule has 0 spiro atoms. The molecule has 18 heavy (non-hydrogen) atoms. The Morgan fingerprint density at radius 3 is 2.83 bits per heavy atom. The average molecular weight is 268 g/mol. The summed E-state index contributed by atoms with van der Waals surface area (Å²) in [5.74, 6) is -0.0467. The van der Waals surface area contributed by atoms with Gasteiger partial charge in [-0.15, -0.1) is 11.6 Å². The van der Waals surface area contributed by atoms with Crippen LogP contribution in [0.4, 0.5) is 0 Å². The number of alkyl halides is 1. The van der Waals surface area contributed by atoms with Crippen molar-refractivity contribution < 1.29 is 9.53 Å². The molecule has 1 aromatic carbocycles. The Balaban J connectivity index is 2.01. The lowest BCUT2D eigenvalue weighted by molar-refractivity contribution is 0.0938. The Bertz CT molecular complexity index is 445. The van der Waals surface area contributed by atoms with Crippen LogP contribution in [-0.4, -0.2) is 17.3 Å². The second-order valence-corrected chi connectivity index (χ2v) is 5.61. The molecule has 2 rings (SSSR count). The molecule has 3 nitrogen and oxygen atoms in total. The average Bonchev–Trinajstić information content (AvgIpc) is 2.74. The van der Waals surface area contributed by atoms with Gasteiger partial charge in [0.25, 0.3) is 5.91 Å². The summed E-state index contributed by atoms with van der Waals surface area (Å²) in [4.78, 5) is 12.0. The van der Waals surface area contributed by atoms with E-state index in [1.807, 2.05) is 32.0 Å². The fourth-order valence-corrected chi connectivity index (χ4v) is 2.43. The Labute approximate surface area is 112 Å². The van der Waals surface area contributed by atoms with Crippen molar-refractivity contribution in [3.63, 3.8) is 0 Å². The third kappa shape index (κ3) is 3.24. The molecular formula is C14H18ClNO2. The van der Waals surface area contributed by atoms with Crippen molar-refractivity contribution in [3.05, 3.63) is 34.9 Å². The van der Waals surface area contributed by atoms with Crippen molar-refractivity contribution in [2.24, 2.45) is 0 Å². The molecule has 1 heterocycles. The maximum absolute atomic E-state index is 12.0. The van der Waals surface area contributed by atoms with Gasteiger partial charge in [-0.25, -0.2) is 0 Å². The van der Waals surface area contributed by atoms with Gasteiger partial charge in [0.05, 0.1) is 13.2 Å². The third-order valence-corrected chi connectivity index (χ3v) is 3.22. The van der Waals surface area contributed by atoms with Crippen LogP contribution in [0.15, 0.2) is 18.2 Å². The predicted octanol–water partition coefficient (Wildman–Crippen LogP) is 2.85. The molecule has 2 unspecified atom stereocenters. The summed E-state index contributed by atoms with van der Waals surface area (Å²) in [6, 6.07) is 5.80. The molecule has 2 atom stereocenters. The minimum atomic E-state index is -0.0467. The second-order valence-electron chi connectivity index (χ2n) is 4.87. The molecule has 1 aromatic rings. The maximum atomic E-state index is 12.0. The topological polar surface area (TPSA) is 38.3 Å². The Morgan fingerprint density at radius 2 is 2.11 bits per heavy atom. The highest BCUT2D eigenvalue weighted by atomic mass is 35.5. The normalized spacial score (nSPS) is 17.1. The van der Waals surface area contributed by atoms with Gasteiger partial charge < -0.3 is 10.1 Å². The number of fused-ring (bicyclic) bond motifs is 1. The number of hydrogen-bond donors (Lipinski definition) is 1. The number of carbonyl (C=O) groups is 1. The van der Waals surface area contributed by atoms with Crippen LogP contribution in [0.1, 0.15) is 41.8 Å². The smallest absolute Gasteiger partial charge is 0.251 e. The van der Waals surface area contributed by atoms with Gasteiger partial charge in [0.15, 0.2) is 0 Å². The van der Waals surface area contributed by atoms with Crippen molar-refractivity contribution >= 4 is 17.5 Å². The highest BCUT2D eigenvalue weighted by Crippen LogP contribution is 2.20. The number of amides is 1. The highest BCUT2D eigenvalue weighted by Gasteiger charge is 2.16. The predicted molar refractivity (Wildman–Crippen MR) is 71.8 cm³/mol. The van der Waals surface area contributed by atoms with Crippen LogP contribution >= 0.6 is 11.6 Å². The molecule has 1 amide bonds. The number of halogens is 1. The van der Waals surface area contributed by atoms with E-state index in [0.717, 1.165) is 12.0 Å². The fourth-order valence-electron chi connectivity index (χ4n) is 2.17. The third-order valence-electron chi connectivity index (χ3n) is 3.04. The number of benzene rings is 1. The molecule has 0 aliphatic carbocycles. The zero-order chi connectivity index (χ0) is 13.1. The van der Waals surface area contributed by atoms with E-state index < -0.39 is 0 Å². The first kappa shape index (κ1) is 13.4. The van der Waals surface area contributed by atoms with E-state index in [2.05, 4.69) is 5.32 Å². The van der Waals surface area contributed by atoms with Crippen LogP contribution in [0.25, 0.3) is 0 Å². The number of nitrogens with one attached hydrogen (secondary N) is 1. The summed E-state index contributed by atoms with van der Waals surface area (Å²) in [6.45, 7) is 5.15. The zero-order valence-electron chi connectivity index (χ0n) is 10.7. The monoisotopic (exact) mass is 267 g/mol. The van der Waals surface area contributed by atoms with Gasteiger partial charge in [0.1, 0.15) is 0 Å². The molecule has 0 aromatic heterocycles. The van der Waals surface area contributed by atoms with Gasteiger partial charge in [-0.05, 0) is 43.5 Å². The summed E-state index contributed by atoms with van der Waals surface area (Å²) in [5, 5.41) is 3.02. The van der Waals surface area contributed by atoms with Crippen molar-refractivity contribution in [1.82, 2.24) is 5.32 Å². The van der Waals surface area contributed by atoms with Crippen LogP contribution < -0.4 is 5.32 Å². The first-order chi connectivity index (χ1) is 8.56. The molecule has 0 saturated heterocycles. The van der Waals surface area contributed by atoms with E-state index in [0.29, 0.717) is 18.8 Å². The van der Waals surface area contributed by atoms with E-state index in [4.69, 9.17) is 16.3 Å². The zero-order valence-corrected chi connectivity index (χ0v) is 11.5. The lowest BCUT2D eigenvalue weighted by Gasteiger charge is -2.15. The number of hydrogen-bond acceptors (Lipinski definition) is 2. The lowest BCUT2D eigenvalue weighted by atomic mass is 10.1. The highest BCUT2D eigenvalue weighted by molar-refractivity contribution is 6.20. The molecule has 0 fully saturated rings. The SMILES string of the molecule is CC(Cl)CC(C)NC(=O)c1ccc2c(c1)COC2. The standard InChI is InChI=1S/C14H18ClNO2/c1-9(15)5-10(2)16-14(17)11-3-4-12-7-18-8-13(12)6-11/h3-4,6,9-10H,5,7-8H2,1-2H3,(H,16,17). The van der Waals surface area contributed by atoms with Crippen LogP contribution in [0, 0.1) is 0 Å². The molecule has 0 bridgehead atoms. The van der Waals surface area contributed by atoms with Gasteiger partial charge in [0.2, 0.25) is 0 Å². The van der Waals surface area contributed by atoms with Gasteiger partial charge in [-0.2, -0.15) is 0 Å². The molecule has 1 aliphatic rings.